The van der Waals surface area contributed by atoms with Gasteiger partial charge in [0.2, 0.25) is 5.91 Å². The molecule has 4 bridgehead atoms. The fourth-order valence-corrected chi connectivity index (χ4v) is 6.93. The number of carbonyl (C=O) groups is 2. The van der Waals surface area contributed by atoms with Gasteiger partial charge in [-0.2, -0.15) is 0 Å². The van der Waals surface area contributed by atoms with Crippen LogP contribution in [0.1, 0.15) is 44.1 Å². The van der Waals surface area contributed by atoms with Crippen LogP contribution in [0.25, 0.3) is 11.4 Å². The first-order valence-electron chi connectivity index (χ1n) is 11.1. The number of aryl methyl sites for hydroxylation is 1. The summed E-state index contributed by atoms with van der Waals surface area (Å²) >= 11 is 1.28. The van der Waals surface area contributed by atoms with Crippen molar-refractivity contribution in [3.05, 3.63) is 29.8 Å². The molecule has 1 aromatic carbocycles. The van der Waals surface area contributed by atoms with Gasteiger partial charge in [-0.15, -0.1) is 10.2 Å². The zero-order chi connectivity index (χ0) is 21.6. The van der Waals surface area contributed by atoms with Crippen molar-refractivity contribution in [1.82, 2.24) is 25.4 Å². The molecule has 4 saturated carbocycles. The minimum atomic E-state index is -0.356. The van der Waals surface area contributed by atoms with Crippen LogP contribution in [0.4, 0.5) is 4.79 Å². The fraction of sp³-hybridized carbons (Fsp3) is 0.565. The highest BCUT2D eigenvalue weighted by Gasteiger charge is 2.51. The number of rotatable bonds is 5. The van der Waals surface area contributed by atoms with Crippen LogP contribution in [0.3, 0.4) is 0 Å². The number of nitrogens with zero attached hydrogens (tertiary/aromatic N) is 3. The van der Waals surface area contributed by atoms with Gasteiger partial charge in [0.25, 0.3) is 0 Å². The molecule has 0 atom stereocenters. The molecule has 2 N–H and O–H groups in total. The maximum atomic E-state index is 12.5. The second-order valence-corrected chi connectivity index (χ2v) is 10.7. The van der Waals surface area contributed by atoms with E-state index in [2.05, 4.69) is 20.8 Å². The van der Waals surface area contributed by atoms with Crippen molar-refractivity contribution >= 4 is 23.7 Å². The molecule has 0 radical (unpaired) electrons. The van der Waals surface area contributed by atoms with Gasteiger partial charge < -0.3 is 9.88 Å². The Morgan fingerprint density at radius 2 is 1.68 bits per heavy atom. The zero-order valence-electron chi connectivity index (χ0n) is 18.1. The van der Waals surface area contributed by atoms with E-state index in [4.69, 9.17) is 0 Å². The predicted molar refractivity (Wildman–Crippen MR) is 119 cm³/mol. The molecule has 4 aliphatic carbocycles. The van der Waals surface area contributed by atoms with Crippen LogP contribution in [0.2, 0.25) is 0 Å². The molecule has 1 heterocycles. The predicted octanol–water partition coefficient (Wildman–Crippen LogP) is 3.68. The van der Waals surface area contributed by atoms with Crippen LogP contribution in [-0.2, 0) is 11.8 Å². The Morgan fingerprint density at radius 1 is 1.06 bits per heavy atom. The van der Waals surface area contributed by atoms with Crippen LogP contribution in [-0.4, -0.2) is 38.0 Å². The second kappa shape index (κ2) is 7.97. The summed E-state index contributed by atoms with van der Waals surface area (Å²) in [6.45, 7) is 2.04. The lowest BCUT2D eigenvalue weighted by Gasteiger charge is -2.56. The van der Waals surface area contributed by atoms with E-state index in [9.17, 15) is 9.59 Å². The molecule has 2 aromatic rings. The molecule has 6 rings (SSSR count). The third-order valence-corrected chi connectivity index (χ3v) is 8.17. The monoisotopic (exact) mass is 439 g/mol. The third-order valence-electron chi connectivity index (χ3n) is 7.15. The van der Waals surface area contributed by atoms with Crippen molar-refractivity contribution in [2.24, 2.45) is 24.8 Å². The first kappa shape index (κ1) is 20.5. The van der Waals surface area contributed by atoms with Gasteiger partial charge in [0.05, 0.1) is 5.75 Å². The van der Waals surface area contributed by atoms with Gasteiger partial charge in [0.15, 0.2) is 11.0 Å². The number of nitrogens with one attached hydrogen (secondary N) is 2. The summed E-state index contributed by atoms with van der Waals surface area (Å²) in [5.74, 6) is 2.80. The Hall–Kier alpha value is -2.35. The molecule has 0 saturated heterocycles. The van der Waals surface area contributed by atoms with Gasteiger partial charge in [-0.25, -0.2) is 4.79 Å². The molecule has 0 spiro atoms. The molecule has 4 fully saturated rings. The summed E-state index contributed by atoms with van der Waals surface area (Å²) in [6, 6.07) is 7.73. The summed E-state index contributed by atoms with van der Waals surface area (Å²) in [6.07, 6.45) is 7.16. The van der Waals surface area contributed by atoms with E-state index in [-0.39, 0.29) is 23.2 Å². The highest BCUT2D eigenvalue weighted by atomic mass is 32.2. The quantitative estimate of drug-likeness (QED) is 0.694. The number of aromatic nitrogens is 3. The highest BCUT2D eigenvalue weighted by Crippen LogP contribution is 2.55. The van der Waals surface area contributed by atoms with Crippen LogP contribution in [0.15, 0.2) is 29.4 Å². The average Bonchev–Trinajstić information content (AvgIpc) is 3.06. The number of benzene rings is 1. The average molecular weight is 440 g/mol. The van der Waals surface area contributed by atoms with E-state index >= 15 is 0 Å². The minimum absolute atomic E-state index is 0.0984. The topological polar surface area (TPSA) is 88.9 Å². The number of carbonyl (C=O) groups excluding carboxylic acids is 2. The maximum absolute atomic E-state index is 12.5. The van der Waals surface area contributed by atoms with Crippen LogP contribution >= 0.6 is 11.8 Å². The molecule has 164 valence electrons. The summed E-state index contributed by atoms with van der Waals surface area (Å²) in [5, 5.41) is 14.8. The van der Waals surface area contributed by atoms with Gasteiger partial charge in [0.1, 0.15) is 0 Å². The number of urea groups is 1. The van der Waals surface area contributed by atoms with E-state index in [0.717, 1.165) is 48.4 Å². The van der Waals surface area contributed by atoms with Gasteiger partial charge in [-0.05, 0) is 63.2 Å². The first-order chi connectivity index (χ1) is 14.9. The van der Waals surface area contributed by atoms with Gasteiger partial charge in [-0.1, -0.05) is 41.6 Å². The van der Waals surface area contributed by atoms with E-state index < -0.39 is 0 Å². The zero-order valence-corrected chi connectivity index (χ0v) is 18.9. The van der Waals surface area contributed by atoms with Crippen molar-refractivity contribution < 1.29 is 9.59 Å². The van der Waals surface area contributed by atoms with Crippen molar-refractivity contribution in [2.45, 2.75) is 56.1 Å². The number of amides is 3. The lowest BCUT2D eigenvalue weighted by molar-refractivity contribution is -0.117. The summed E-state index contributed by atoms with van der Waals surface area (Å²) in [4.78, 5) is 24.9. The Labute approximate surface area is 186 Å². The molecule has 0 unspecified atom stereocenters. The molecular formula is C23H29N5O2S. The Morgan fingerprint density at radius 3 is 2.29 bits per heavy atom. The molecule has 1 aromatic heterocycles. The van der Waals surface area contributed by atoms with E-state index in [1.165, 1.54) is 36.6 Å². The Bertz CT molecular complexity index is 965. The summed E-state index contributed by atoms with van der Waals surface area (Å²) in [7, 11) is 1.88. The fourth-order valence-electron chi connectivity index (χ4n) is 6.22. The molecular weight excluding hydrogens is 410 g/mol. The molecule has 4 aliphatic rings. The number of imide groups is 1. The van der Waals surface area contributed by atoms with Crippen LogP contribution in [0, 0.1) is 24.7 Å². The summed E-state index contributed by atoms with van der Waals surface area (Å²) in [5.41, 5.74) is 2.06. The van der Waals surface area contributed by atoms with E-state index in [1.54, 1.807) is 0 Å². The number of hydrogen-bond donors (Lipinski definition) is 2. The minimum Gasteiger partial charge on any atom is -0.332 e. The number of hydrogen-bond acceptors (Lipinski definition) is 5. The maximum Gasteiger partial charge on any atom is 0.321 e. The third kappa shape index (κ3) is 4.22. The van der Waals surface area contributed by atoms with E-state index in [0.29, 0.717) is 5.16 Å². The highest BCUT2D eigenvalue weighted by molar-refractivity contribution is 7.99. The lowest BCUT2D eigenvalue weighted by Crippen LogP contribution is -2.61. The number of thioether (sulfide) groups is 1. The van der Waals surface area contributed by atoms with Gasteiger partial charge in [-0.3, -0.25) is 10.1 Å². The molecule has 8 heteroatoms. The van der Waals surface area contributed by atoms with Crippen molar-refractivity contribution in [3.8, 4) is 11.4 Å². The smallest absolute Gasteiger partial charge is 0.321 e. The van der Waals surface area contributed by atoms with Gasteiger partial charge in [0, 0.05) is 18.2 Å². The Balaban J connectivity index is 1.15. The first-order valence-corrected chi connectivity index (χ1v) is 12.1. The van der Waals surface area contributed by atoms with Crippen molar-refractivity contribution in [1.29, 1.82) is 0 Å². The van der Waals surface area contributed by atoms with Crippen LogP contribution < -0.4 is 10.6 Å². The largest absolute Gasteiger partial charge is 0.332 e. The molecule has 3 amide bonds. The van der Waals surface area contributed by atoms with Crippen LogP contribution in [0.5, 0.6) is 0 Å². The summed E-state index contributed by atoms with van der Waals surface area (Å²) < 4.78 is 1.87. The van der Waals surface area contributed by atoms with Crippen molar-refractivity contribution in [2.75, 3.05) is 5.75 Å². The molecule has 0 aliphatic heterocycles. The SMILES string of the molecule is Cc1ccc(-c2nnc(SCC(=O)NC(=O)NC34CC5CC(CC(C5)C3)C4)n2C)cc1. The van der Waals surface area contributed by atoms with Crippen molar-refractivity contribution in [3.63, 3.8) is 0 Å². The van der Waals surface area contributed by atoms with E-state index in [1.807, 2.05) is 42.8 Å². The molecule has 7 nitrogen and oxygen atoms in total. The second-order valence-electron chi connectivity index (χ2n) is 9.72. The molecule has 31 heavy (non-hydrogen) atoms. The van der Waals surface area contributed by atoms with Gasteiger partial charge >= 0.3 is 6.03 Å². The standard InChI is InChI=1S/C23H29N5O2S/c1-14-3-5-18(6-4-14)20-26-27-22(28(20)2)31-13-19(29)24-21(30)25-23-10-15-7-16(11-23)9-17(8-15)12-23/h3-6,15-17H,7-13H2,1-2H3,(H2,24,25,29,30). The Kier molecular flexibility index (Phi) is 5.28. The normalized spacial score (nSPS) is 28.5. The lowest BCUT2D eigenvalue weighted by atomic mass is 9.53.